The van der Waals surface area contributed by atoms with Crippen LogP contribution in [0.3, 0.4) is 0 Å². The first-order chi connectivity index (χ1) is 26.4. The van der Waals surface area contributed by atoms with Crippen molar-refractivity contribution in [2.24, 2.45) is 0 Å². The zero-order valence-electron chi connectivity index (χ0n) is 29.6. The molecule has 12 nitrogen and oxygen atoms in total. The van der Waals surface area contributed by atoms with E-state index in [1.165, 1.54) is 87.0 Å². The van der Waals surface area contributed by atoms with Crippen molar-refractivity contribution in [1.82, 2.24) is 0 Å². The normalized spacial score (nSPS) is 11.2. The Bertz CT molecular complexity index is 2310. The molecule has 55 heavy (non-hydrogen) atoms. The first kappa shape index (κ1) is 38.1. The highest BCUT2D eigenvalue weighted by atomic mass is 32.2. The molecule has 0 saturated carbocycles. The lowest BCUT2D eigenvalue weighted by Gasteiger charge is -2.11. The molecule has 0 bridgehead atoms. The van der Waals surface area contributed by atoms with E-state index in [2.05, 4.69) is 20.1 Å². The summed E-state index contributed by atoms with van der Waals surface area (Å²) in [7, 11) is -4.64. The van der Waals surface area contributed by atoms with E-state index in [1.54, 1.807) is 48.5 Å². The van der Waals surface area contributed by atoms with Crippen LogP contribution in [0.25, 0.3) is 0 Å². The molecule has 0 fully saturated rings. The van der Waals surface area contributed by atoms with E-state index in [4.69, 9.17) is 9.47 Å². The highest BCUT2D eigenvalue weighted by molar-refractivity contribution is 7.93. The number of carbonyl (C=O) groups is 2. The van der Waals surface area contributed by atoms with Crippen molar-refractivity contribution >= 4 is 54.6 Å². The molecule has 0 spiro atoms. The van der Waals surface area contributed by atoms with Gasteiger partial charge in [-0.2, -0.15) is 0 Å². The van der Waals surface area contributed by atoms with E-state index in [-0.39, 0.29) is 21.6 Å². The van der Waals surface area contributed by atoms with Gasteiger partial charge in [-0.05, 0) is 139 Å². The zero-order chi connectivity index (χ0) is 39.0. The standard InChI is InChI=1S/C41H36N4O8S2/c1-52-36-19-23-38(24-20-36)54(48,49)44-34-15-7-30(8-16-34)40(46)42-32-11-3-28(4-12-32)27-29-5-13-33(14-6-29)43-41(47)31-9-17-35(18-10-31)45-55(50,51)39-25-21-37(53-2)22-26-39/h3-26,44-45H,27H2,1-2H3,(H,42,46)(H,43,47). The van der Waals surface area contributed by atoms with E-state index < -0.39 is 20.0 Å². The van der Waals surface area contributed by atoms with Crippen LogP contribution in [0, 0.1) is 0 Å². The van der Waals surface area contributed by atoms with Gasteiger partial charge in [0.2, 0.25) is 0 Å². The molecule has 14 heteroatoms. The van der Waals surface area contributed by atoms with Crippen LogP contribution in [0.15, 0.2) is 155 Å². The van der Waals surface area contributed by atoms with E-state index in [0.29, 0.717) is 51.8 Å². The van der Waals surface area contributed by atoms with Gasteiger partial charge in [0.05, 0.1) is 24.0 Å². The second-order valence-corrected chi connectivity index (χ2v) is 15.6. The van der Waals surface area contributed by atoms with Gasteiger partial charge in [0, 0.05) is 33.9 Å². The third-order valence-corrected chi connectivity index (χ3v) is 11.2. The van der Waals surface area contributed by atoms with Gasteiger partial charge >= 0.3 is 0 Å². The maximum Gasteiger partial charge on any atom is 0.261 e. The summed E-state index contributed by atoms with van der Waals surface area (Å²) >= 11 is 0. The predicted octanol–water partition coefficient (Wildman–Crippen LogP) is 7.40. The molecule has 0 unspecified atom stereocenters. The molecular formula is C41H36N4O8S2. The Morgan fingerprint density at radius 2 is 0.745 bits per heavy atom. The maximum absolute atomic E-state index is 12.9. The Hall–Kier alpha value is -6.64. The average Bonchev–Trinajstić information content (AvgIpc) is 3.19. The van der Waals surface area contributed by atoms with Crippen molar-refractivity contribution in [1.29, 1.82) is 0 Å². The van der Waals surface area contributed by atoms with Crippen LogP contribution in [0.1, 0.15) is 31.8 Å². The summed E-state index contributed by atoms with van der Waals surface area (Å²) in [5.74, 6) is 0.390. The number of anilines is 4. The molecule has 0 atom stereocenters. The molecule has 0 radical (unpaired) electrons. The van der Waals surface area contributed by atoms with Crippen molar-refractivity contribution in [2.45, 2.75) is 16.2 Å². The summed E-state index contributed by atoms with van der Waals surface area (Å²) in [6.45, 7) is 0. The van der Waals surface area contributed by atoms with Crippen LogP contribution < -0.4 is 29.6 Å². The average molecular weight is 777 g/mol. The number of sulfonamides is 2. The van der Waals surface area contributed by atoms with Gasteiger partial charge in [-0.3, -0.25) is 19.0 Å². The minimum absolute atomic E-state index is 0.0818. The zero-order valence-corrected chi connectivity index (χ0v) is 31.3. The number of carbonyl (C=O) groups excluding carboxylic acids is 2. The van der Waals surface area contributed by atoms with E-state index in [9.17, 15) is 26.4 Å². The van der Waals surface area contributed by atoms with Crippen molar-refractivity contribution in [3.63, 3.8) is 0 Å². The Morgan fingerprint density at radius 1 is 0.436 bits per heavy atom. The van der Waals surface area contributed by atoms with Gasteiger partial charge in [0.25, 0.3) is 31.9 Å². The van der Waals surface area contributed by atoms with Crippen LogP contribution in [0.2, 0.25) is 0 Å². The van der Waals surface area contributed by atoms with Crippen molar-refractivity contribution in [3.8, 4) is 11.5 Å². The lowest BCUT2D eigenvalue weighted by atomic mass is 10.0. The van der Waals surface area contributed by atoms with Crippen molar-refractivity contribution in [2.75, 3.05) is 34.3 Å². The van der Waals surface area contributed by atoms with E-state index in [0.717, 1.165) is 11.1 Å². The Labute approximate surface area is 319 Å². The highest BCUT2D eigenvalue weighted by Gasteiger charge is 2.17. The largest absolute Gasteiger partial charge is 0.497 e. The summed E-state index contributed by atoms with van der Waals surface area (Å²) < 4.78 is 66.1. The third-order valence-electron chi connectivity index (χ3n) is 8.37. The van der Waals surface area contributed by atoms with E-state index in [1.807, 2.05) is 24.3 Å². The summed E-state index contributed by atoms with van der Waals surface area (Å²) in [4.78, 5) is 25.9. The third kappa shape index (κ3) is 9.87. The van der Waals surface area contributed by atoms with Gasteiger partial charge in [0.1, 0.15) is 11.5 Å². The Morgan fingerprint density at radius 3 is 1.05 bits per heavy atom. The monoisotopic (exact) mass is 776 g/mol. The summed E-state index contributed by atoms with van der Waals surface area (Å²) in [6.07, 6.45) is 0.615. The molecule has 280 valence electrons. The molecule has 2 amide bonds. The topological polar surface area (TPSA) is 169 Å². The fourth-order valence-electron chi connectivity index (χ4n) is 5.37. The maximum atomic E-state index is 12.9. The predicted molar refractivity (Wildman–Crippen MR) is 212 cm³/mol. The number of methoxy groups -OCH3 is 2. The fourth-order valence-corrected chi connectivity index (χ4v) is 7.49. The second kappa shape index (κ2) is 16.6. The Kier molecular flexibility index (Phi) is 11.5. The van der Waals surface area contributed by atoms with Gasteiger partial charge in [-0.25, -0.2) is 16.8 Å². The first-order valence-electron chi connectivity index (χ1n) is 16.8. The van der Waals surface area contributed by atoms with Crippen LogP contribution in [0.4, 0.5) is 22.7 Å². The van der Waals surface area contributed by atoms with Gasteiger partial charge < -0.3 is 20.1 Å². The second-order valence-electron chi connectivity index (χ2n) is 12.2. The van der Waals surface area contributed by atoms with Crippen LogP contribution >= 0.6 is 0 Å². The number of amides is 2. The van der Waals surface area contributed by atoms with Crippen LogP contribution in [0.5, 0.6) is 11.5 Å². The fraction of sp³-hybridized carbons (Fsp3) is 0.0732. The number of ether oxygens (including phenoxy) is 2. The van der Waals surface area contributed by atoms with Gasteiger partial charge in [-0.15, -0.1) is 0 Å². The minimum atomic E-state index is -3.82. The van der Waals surface area contributed by atoms with Crippen molar-refractivity contribution < 1.29 is 35.9 Å². The molecule has 6 aromatic carbocycles. The smallest absolute Gasteiger partial charge is 0.261 e. The summed E-state index contributed by atoms with van der Waals surface area (Å²) in [6, 6.07) is 39.1. The summed E-state index contributed by atoms with van der Waals surface area (Å²) in [5.41, 5.74) is 4.54. The molecular weight excluding hydrogens is 741 g/mol. The van der Waals surface area contributed by atoms with Crippen LogP contribution in [-0.4, -0.2) is 42.9 Å². The Balaban J connectivity index is 0.976. The quantitative estimate of drug-likeness (QED) is 0.0888. The first-order valence-corrected chi connectivity index (χ1v) is 19.7. The SMILES string of the molecule is COc1ccc(S(=O)(=O)Nc2ccc(C(=O)Nc3ccc(Cc4ccc(NC(=O)c5ccc(NS(=O)(=O)c6ccc(OC)cc6)cc5)cc4)cc3)cc2)cc1. The molecule has 0 aliphatic rings. The molecule has 4 N–H and O–H groups in total. The summed E-state index contributed by atoms with van der Waals surface area (Å²) in [5, 5.41) is 5.70. The van der Waals surface area contributed by atoms with Gasteiger partial charge in [-0.1, -0.05) is 24.3 Å². The number of rotatable bonds is 14. The molecule has 6 rings (SSSR count). The number of nitrogens with one attached hydrogen (secondary N) is 4. The molecule has 0 heterocycles. The number of hydrogen-bond donors (Lipinski definition) is 4. The van der Waals surface area contributed by atoms with Crippen molar-refractivity contribution in [3.05, 3.63) is 168 Å². The number of benzene rings is 6. The molecule has 6 aromatic rings. The van der Waals surface area contributed by atoms with Gasteiger partial charge in [0.15, 0.2) is 0 Å². The highest BCUT2D eigenvalue weighted by Crippen LogP contribution is 2.23. The minimum Gasteiger partial charge on any atom is -0.497 e. The molecule has 0 aliphatic carbocycles. The lowest BCUT2D eigenvalue weighted by molar-refractivity contribution is 0.101. The molecule has 0 saturated heterocycles. The van der Waals surface area contributed by atoms with Crippen LogP contribution in [-0.2, 0) is 26.5 Å². The van der Waals surface area contributed by atoms with E-state index >= 15 is 0 Å². The molecule has 0 aliphatic heterocycles. The molecule has 0 aromatic heterocycles. The number of hydrogen-bond acceptors (Lipinski definition) is 8. The lowest BCUT2D eigenvalue weighted by Crippen LogP contribution is -2.14.